The van der Waals surface area contributed by atoms with Gasteiger partial charge in [-0.25, -0.2) is 4.79 Å². The summed E-state index contributed by atoms with van der Waals surface area (Å²) in [5.74, 6) is 0.107. The summed E-state index contributed by atoms with van der Waals surface area (Å²) in [6.45, 7) is 7.15. The number of tetrazole rings is 1. The van der Waals surface area contributed by atoms with E-state index in [4.69, 9.17) is 4.74 Å². The maximum Gasteiger partial charge on any atom is 0.333 e. The van der Waals surface area contributed by atoms with Crippen molar-refractivity contribution in [2.45, 2.75) is 39.3 Å². The molecule has 0 bridgehead atoms. The fraction of sp³-hybridized carbons (Fsp3) is 0.429. The lowest BCUT2D eigenvalue weighted by atomic mass is 10.2. The molecule has 0 aliphatic carbocycles. The highest BCUT2D eigenvalue weighted by Crippen LogP contribution is 2.16. The Morgan fingerprint density at radius 3 is 2.50 bits per heavy atom. The van der Waals surface area contributed by atoms with Crippen LogP contribution in [0.4, 0.5) is 0 Å². The molecule has 1 heterocycles. The molecular formula is C14H18N4O2. The lowest BCUT2D eigenvalue weighted by molar-refractivity contribution is -0.159. The second kappa shape index (κ2) is 5.40. The molecule has 0 saturated carbocycles. The van der Waals surface area contributed by atoms with Crippen LogP contribution in [0.2, 0.25) is 0 Å². The van der Waals surface area contributed by atoms with Gasteiger partial charge in [-0.05, 0) is 32.9 Å². The first-order valence-electron chi connectivity index (χ1n) is 6.44. The number of ether oxygens (including phenoxy) is 1. The highest BCUT2D eigenvalue weighted by Gasteiger charge is 2.25. The van der Waals surface area contributed by atoms with Crippen LogP contribution in [0.5, 0.6) is 0 Å². The Morgan fingerprint density at radius 2 is 1.90 bits per heavy atom. The molecule has 6 heteroatoms. The SMILES string of the molecule is CC(C(=O)OC(C)(C)C)n1nnc(-c2ccccc2)n1. The number of esters is 1. The predicted molar refractivity (Wildman–Crippen MR) is 73.8 cm³/mol. The molecule has 0 amide bonds. The van der Waals surface area contributed by atoms with Gasteiger partial charge in [0, 0.05) is 5.56 Å². The highest BCUT2D eigenvalue weighted by molar-refractivity contribution is 5.73. The van der Waals surface area contributed by atoms with E-state index in [-0.39, 0.29) is 5.97 Å². The third-order valence-corrected chi connectivity index (χ3v) is 2.55. The second-order valence-corrected chi connectivity index (χ2v) is 5.51. The van der Waals surface area contributed by atoms with Crippen molar-refractivity contribution in [1.82, 2.24) is 20.2 Å². The molecule has 0 aliphatic heterocycles. The van der Waals surface area contributed by atoms with Crippen LogP contribution in [0.15, 0.2) is 30.3 Å². The summed E-state index contributed by atoms with van der Waals surface area (Å²) >= 11 is 0. The van der Waals surface area contributed by atoms with Crippen LogP contribution in [0, 0.1) is 0 Å². The van der Waals surface area contributed by atoms with Gasteiger partial charge in [0.25, 0.3) is 0 Å². The van der Waals surface area contributed by atoms with Gasteiger partial charge >= 0.3 is 5.97 Å². The number of benzene rings is 1. The molecule has 1 aromatic heterocycles. The summed E-state index contributed by atoms with van der Waals surface area (Å²) in [5, 5.41) is 12.1. The van der Waals surface area contributed by atoms with Crippen LogP contribution in [0.1, 0.15) is 33.7 Å². The van der Waals surface area contributed by atoms with Gasteiger partial charge in [0.2, 0.25) is 5.82 Å². The summed E-state index contributed by atoms with van der Waals surface area (Å²) in [7, 11) is 0. The number of carbonyl (C=O) groups excluding carboxylic acids is 1. The van der Waals surface area contributed by atoms with Crippen molar-refractivity contribution in [1.29, 1.82) is 0 Å². The minimum atomic E-state index is -0.612. The van der Waals surface area contributed by atoms with E-state index >= 15 is 0 Å². The van der Waals surface area contributed by atoms with Crippen molar-refractivity contribution >= 4 is 5.97 Å². The number of hydrogen-bond donors (Lipinski definition) is 0. The van der Waals surface area contributed by atoms with Crippen molar-refractivity contribution in [2.24, 2.45) is 0 Å². The summed E-state index contributed by atoms with van der Waals surface area (Å²) < 4.78 is 5.30. The van der Waals surface area contributed by atoms with Crippen molar-refractivity contribution < 1.29 is 9.53 Å². The average molecular weight is 274 g/mol. The van der Waals surface area contributed by atoms with Gasteiger partial charge in [-0.2, -0.15) is 0 Å². The third kappa shape index (κ3) is 3.40. The predicted octanol–water partition coefficient (Wildman–Crippen LogP) is 2.24. The fourth-order valence-electron chi connectivity index (χ4n) is 1.57. The molecule has 1 atom stereocenters. The molecule has 0 radical (unpaired) electrons. The Bertz CT molecular complexity index is 587. The molecule has 6 nitrogen and oxygen atoms in total. The summed E-state index contributed by atoms with van der Waals surface area (Å²) in [6.07, 6.45) is 0. The van der Waals surface area contributed by atoms with Crippen molar-refractivity contribution in [3.05, 3.63) is 30.3 Å². The van der Waals surface area contributed by atoms with Crippen molar-refractivity contribution in [3.8, 4) is 11.4 Å². The van der Waals surface area contributed by atoms with Gasteiger partial charge in [-0.1, -0.05) is 30.3 Å². The standard InChI is InChI=1S/C14H18N4O2/c1-10(13(19)20-14(2,3)4)18-16-12(15-17-18)11-8-6-5-7-9-11/h5-10H,1-4H3. The number of nitrogens with zero attached hydrogens (tertiary/aromatic N) is 4. The van der Waals surface area contributed by atoms with E-state index < -0.39 is 11.6 Å². The molecule has 0 N–H and O–H groups in total. The first-order valence-corrected chi connectivity index (χ1v) is 6.44. The van der Waals surface area contributed by atoms with E-state index in [1.165, 1.54) is 4.80 Å². The van der Waals surface area contributed by atoms with E-state index in [9.17, 15) is 4.79 Å². The Balaban J connectivity index is 2.15. The molecular weight excluding hydrogens is 256 g/mol. The second-order valence-electron chi connectivity index (χ2n) is 5.51. The number of rotatable bonds is 3. The van der Waals surface area contributed by atoms with E-state index in [0.29, 0.717) is 5.82 Å². The zero-order valence-electron chi connectivity index (χ0n) is 12.1. The Hall–Kier alpha value is -2.24. The first-order chi connectivity index (χ1) is 9.37. The first kappa shape index (κ1) is 14.2. The Kier molecular flexibility index (Phi) is 3.83. The van der Waals surface area contributed by atoms with Gasteiger partial charge in [-0.15, -0.1) is 15.0 Å². The van der Waals surface area contributed by atoms with Crippen LogP contribution in [0.3, 0.4) is 0 Å². The maximum absolute atomic E-state index is 12.0. The lowest BCUT2D eigenvalue weighted by Crippen LogP contribution is -2.30. The molecule has 1 aromatic carbocycles. The minimum Gasteiger partial charge on any atom is -0.458 e. The van der Waals surface area contributed by atoms with Crippen LogP contribution in [-0.4, -0.2) is 31.8 Å². The van der Waals surface area contributed by atoms with E-state index in [2.05, 4.69) is 15.4 Å². The summed E-state index contributed by atoms with van der Waals surface area (Å²) in [5.41, 5.74) is 0.323. The van der Waals surface area contributed by atoms with E-state index in [0.717, 1.165) is 5.56 Å². The number of aromatic nitrogens is 4. The lowest BCUT2D eigenvalue weighted by Gasteiger charge is -2.21. The summed E-state index contributed by atoms with van der Waals surface area (Å²) in [6, 6.07) is 8.87. The molecule has 0 fully saturated rings. The van der Waals surface area contributed by atoms with Gasteiger partial charge in [0.1, 0.15) is 5.60 Å². The maximum atomic E-state index is 12.0. The molecule has 2 rings (SSSR count). The summed E-state index contributed by atoms with van der Waals surface area (Å²) in [4.78, 5) is 13.2. The minimum absolute atomic E-state index is 0.380. The zero-order chi connectivity index (χ0) is 14.8. The van der Waals surface area contributed by atoms with Crippen molar-refractivity contribution in [2.75, 3.05) is 0 Å². The van der Waals surface area contributed by atoms with Crippen LogP contribution >= 0.6 is 0 Å². The van der Waals surface area contributed by atoms with E-state index in [1.54, 1.807) is 6.92 Å². The zero-order valence-corrected chi connectivity index (χ0v) is 12.1. The number of carbonyl (C=O) groups is 1. The topological polar surface area (TPSA) is 69.9 Å². The normalized spacial score (nSPS) is 13.0. The quantitative estimate of drug-likeness (QED) is 0.803. The monoisotopic (exact) mass is 274 g/mol. The van der Waals surface area contributed by atoms with Crippen LogP contribution in [-0.2, 0) is 9.53 Å². The molecule has 20 heavy (non-hydrogen) atoms. The fourth-order valence-corrected chi connectivity index (χ4v) is 1.57. The van der Waals surface area contributed by atoms with Gasteiger partial charge in [0.15, 0.2) is 6.04 Å². The third-order valence-electron chi connectivity index (χ3n) is 2.55. The smallest absolute Gasteiger partial charge is 0.333 e. The Morgan fingerprint density at radius 1 is 1.25 bits per heavy atom. The molecule has 1 unspecified atom stereocenters. The van der Waals surface area contributed by atoms with Gasteiger partial charge < -0.3 is 4.74 Å². The molecule has 2 aromatic rings. The van der Waals surface area contributed by atoms with Gasteiger partial charge in [0.05, 0.1) is 0 Å². The van der Waals surface area contributed by atoms with Crippen molar-refractivity contribution in [3.63, 3.8) is 0 Å². The molecule has 0 spiro atoms. The largest absolute Gasteiger partial charge is 0.458 e. The molecule has 0 saturated heterocycles. The van der Waals surface area contributed by atoms with Crippen LogP contribution < -0.4 is 0 Å². The van der Waals surface area contributed by atoms with E-state index in [1.807, 2.05) is 51.1 Å². The van der Waals surface area contributed by atoms with Crippen LogP contribution in [0.25, 0.3) is 11.4 Å². The molecule has 106 valence electrons. The number of hydrogen-bond acceptors (Lipinski definition) is 5. The average Bonchev–Trinajstić information content (AvgIpc) is 2.86. The highest BCUT2D eigenvalue weighted by atomic mass is 16.6. The molecule has 0 aliphatic rings. The Labute approximate surface area is 117 Å². The van der Waals surface area contributed by atoms with Gasteiger partial charge in [-0.3, -0.25) is 0 Å².